The highest BCUT2D eigenvalue weighted by Crippen LogP contribution is 2.20. The normalized spacial score (nSPS) is 20.0. The van der Waals surface area contributed by atoms with Crippen LogP contribution in [-0.2, 0) is 4.79 Å². The predicted molar refractivity (Wildman–Crippen MR) is 59.7 cm³/mol. The van der Waals surface area contributed by atoms with Gasteiger partial charge in [-0.1, -0.05) is 0 Å². The number of ketones is 1. The maximum atomic E-state index is 11.3. The Morgan fingerprint density at radius 1 is 1.53 bits per heavy atom. The Labute approximate surface area is 90.5 Å². The van der Waals surface area contributed by atoms with E-state index >= 15 is 0 Å². The van der Waals surface area contributed by atoms with Gasteiger partial charge in [0.05, 0.1) is 6.04 Å². The second kappa shape index (κ2) is 5.11. The lowest BCUT2D eigenvalue weighted by Gasteiger charge is -2.35. The highest BCUT2D eigenvalue weighted by atomic mass is 16.1. The number of carbonyl (C=O) groups excluding carboxylic acids is 1. The minimum absolute atomic E-state index is 0.0425. The lowest BCUT2D eigenvalue weighted by molar-refractivity contribution is -0.120. The van der Waals surface area contributed by atoms with E-state index in [1.165, 1.54) is 0 Å². The second-order valence-electron chi connectivity index (χ2n) is 4.09. The third-order valence-electron chi connectivity index (χ3n) is 3.10. The van der Waals surface area contributed by atoms with Crippen LogP contribution in [0.4, 0.5) is 0 Å². The van der Waals surface area contributed by atoms with Gasteiger partial charge in [-0.25, -0.2) is 0 Å². The standard InChI is InChI=1S/C10H20N4O/c1-7(15)9(13-2)8-3-5-14(6-4-8)10(11)12/h8-9,13H,3-6H2,1-2H3,(H3,11,12). The maximum Gasteiger partial charge on any atom is 0.188 e. The average Bonchev–Trinajstić information content (AvgIpc) is 2.19. The molecular weight excluding hydrogens is 192 g/mol. The first kappa shape index (κ1) is 12.0. The molecule has 1 rings (SSSR count). The number of rotatable bonds is 3. The van der Waals surface area contributed by atoms with Crippen LogP contribution in [0.5, 0.6) is 0 Å². The van der Waals surface area contributed by atoms with Crippen LogP contribution in [-0.4, -0.2) is 42.8 Å². The number of nitrogens with zero attached hydrogens (tertiary/aromatic N) is 1. The number of nitrogens with two attached hydrogens (primary N) is 1. The molecule has 86 valence electrons. The van der Waals surface area contributed by atoms with Gasteiger partial charge in [0.1, 0.15) is 5.78 Å². The van der Waals surface area contributed by atoms with Crippen LogP contribution >= 0.6 is 0 Å². The molecule has 15 heavy (non-hydrogen) atoms. The Bertz CT molecular complexity index is 246. The molecule has 0 amide bonds. The van der Waals surface area contributed by atoms with Crippen LogP contribution < -0.4 is 11.1 Å². The molecule has 0 aromatic carbocycles. The van der Waals surface area contributed by atoms with Crippen molar-refractivity contribution in [3.63, 3.8) is 0 Å². The fourth-order valence-corrected chi connectivity index (χ4v) is 2.24. The maximum absolute atomic E-state index is 11.3. The largest absolute Gasteiger partial charge is 0.370 e. The first-order valence-corrected chi connectivity index (χ1v) is 5.33. The molecule has 1 aliphatic heterocycles. The van der Waals surface area contributed by atoms with Crippen molar-refractivity contribution in [2.75, 3.05) is 20.1 Å². The van der Waals surface area contributed by atoms with Crippen molar-refractivity contribution >= 4 is 11.7 Å². The summed E-state index contributed by atoms with van der Waals surface area (Å²) in [6, 6.07) is -0.0425. The minimum atomic E-state index is -0.0425. The van der Waals surface area contributed by atoms with Gasteiger partial charge in [-0.3, -0.25) is 10.2 Å². The van der Waals surface area contributed by atoms with Crippen LogP contribution in [0.2, 0.25) is 0 Å². The van der Waals surface area contributed by atoms with E-state index in [1.807, 2.05) is 11.9 Å². The summed E-state index contributed by atoms with van der Waals surface area (Å²) in [5.41, 5.74) is 5.41. The van der Waals surface area contributed by atoms with E-state index in [4.69, 9.17) is 11.1 Å². The molecule has 5 nitrogen and oxygen atoms in total. The molecule has 1 fully saturated rings. The average molecular weight is 212 g/mol. The Morgan fingerprint density at radius 2 is 2.07 bits per heavy atom. The van der Waals surface area contributed by atoms with E-state index in [-0.39, 0.29) is 17.8 Å². The lowest BCUT2D eigenvalue weighted by atomic mass is 9.87. The molecule has 0 radical (unpaired) electrons. The lowest BCUT2D eigenvalue weighted by Crippen LogP contribution is -2.48. The van der Waals surface area contributed by atoms with Crippen LogP contribution in [0.3, 0.4) is 0 Å². The fraction of sp³-hybridized carbons (Fsp3) is 0.800. The molecule has 1 aliphatic rings. The van der Waals surface area contributed by atoms with Gasteiger partial charge < -0.3 is 16.0 Å². The summed E-state index contributed by atoms with van der Waals surface area (Å²) in [7, 11) is 1.82. The van der Waals surface area contributed by atoms with E-state index in [9.17, 15) is 4.79 Å². The molecular formula is C10H20N4O. The summed E-state index contributed by atoms with van der Waals surface area (Å²) in [5.74, 6) is 0.708. The number of piperidine rings is 1. The number of nitrogens with one attached hydrogen (secondary N) is 2. The SMILES string of the molecule is CNC(C(C)=O)C1CCN(C(=N)N)CC1. The van der Waals surface area contributed by atoms with Crippen LogP contribution in [0.15, 0.2) is 0 Å². The van der Waals surface area contributed by atoms with Crippen molar-refractivity contribution in [2.45, 2.75) is 25.8 Å². The molecule has 1 atom stereocenters. The summed E-state index contributed by atoms with van der Waals surface area (Å²) in [4.78, 5) is 13.2. The number of carbonyl (C=O) groups is 1. The first-order chi connectivity index (χ1) is 7.06. The third kappa shape index (κ3) is 2.92. The summed E-state index contributed by atoms with van der Waals surface area (Å²) in [6.07, 6.45) is 1.84. The Morgan fingerprint density at radius 3 is 2.40 bits per heavy atom. The molecule has 5 heteroatoms. The van der Waals surface area contributed by atoms with Gasteiger partial charge in [0, 0.05) is 13.1 Å². The van der Waals surface area contributed by atoms with Gasteiger partial charge in [0.15, 0.2) is 5.96 Å². The predicted octanol–water partition coefficient (Wildman–Crippen LogP) is -0.231. The van der Waals surface area contributed by atoms with E-state index in [0.717, 1.165) is 25.9 Å². The van der Waals surface area contributed by atoms with Gasteiger partial charge in [0.2, 0.25) is 0 Å². The van der Waals surface area contributed by atoms with E-state index in [1.54, 1.807) is 6.92 Å². The summed E-state index contributed by atoms with van der Waals surface area (Å²) in [6.45, 7) is 3.19. The first-order valence-electron chi connectivity index (χ1n) is 5.33. The highest BCUT2D eigenvalue weighted by Gasteiger charge is 2.28. The van der Waals surface area contributed by atoms with E-state index < -0.39 is 0 Å². The number of guanidine groups is 1. The Balaban J connectivity index is 2.49. The highest BCUT2D eigenvalue weighted by molar-refractivity contribution is 5.81. The second-order valence-corrected chi connectivity index (χ2v) is 4.09. The van der Waals surface area contributed by atoms with Crippen molar-refractivity contribution in [1.29, 1.82) is 5.41 Å². The molecule has 0 aromatic heterocycles. The molecule has 0 aromatic rings. The van der Waals surface area contributed by atoms with Crippen molar-refractivity contribution in [3.8, 4) is 0 Å². The number of Topliss-reactive ketones (excluding diaryl/α,β-unsaturated/α-hetero) is 1. The van der Waals surface area contributed by atoms with Gasteiger partial charge >= 0.3 is 0 Å². The minimum Gasteiger partial charge on any atom is -0.370 e. The smallest absolute Gasteiger partial charge is 0.188 e. The Kier molecular flexibility index (Phi) is 4.08. The van der Waals surface area contributed by atoms with Gasteiger partial charge in [0.25, 0.3) is 0 Å². The number of hydrogen-bond donors (Lipinski definition) is 3. The zero-order valence-corrected chi connectivity index (χ0v) is 9.42. The Hall–Kier alpha value is -1.10. The van der Waals surface area contributed by atoms with Crippen molar-refractivity contribution < 1.29 is 4.79 Å². The molecule has 0 aliphatic carbocycles. The third-order valence-corrected chi connectivity index (χ3v) is 3.10. The molecule has 0 bridgehead atoms. The van der Waals surface area contributed by atoms with Crippen molar-refractivity contribution in [2.24, 2.45) is 11.7 Å². The van der Waals surface area contributed by atoms with Crippen molar-refractivity contribution in [3.05, 3.63) is 0 Å². The van der Waals surface area contributed by atoms with E-state index in [0.29, 0.717) is 5.92 Å². The summed E-state index contributed by atoms with van der Waals surface area (Å²) < 4.78 is 0. The van der Waals surface area contributed by atoms with Crippen LogP contribution in [0, 0.1) is 11.3 Å². The molecule has 0 spiro atoms. The summed E-state index contributed by atoms with van der Waals surface area (Å²) in [5, 5.41) is 10.4. The van der Waals surface area contributed by atoms with E-state index in [2.05, 4.69) is 5.32 Å². The van der Waals surface area contributed by atoms with Gasteiger partial charge in [-0.2, -0.15) is 0 Å². The fourth-order valence-electron chi connectivity index (χ4n) is 2.24. The van der Waals surface area contributed by atoms with Gasteiger partial charge in [-0.15, -0.1) is 0 Å². The number of likely N-dealkylation sites (N-methyl/N-ethyl adjacent to an activating group) is 1. The quantitative estimate of drug-likeness (QED) is 0.446. The topological polar surface area (TPSA) is 82.2 Å². The molecule has 1 saturated heterocycles. The molecule has 1 unspecified atom stereocenters. The van der Waals surface area contributed by atoms with Gasteiger partial charge in [-0.05, 0) is 32.7 Å². The zero-order valence-electron chi connectivity index (χ0n) is 9.42. The molecule has 4 N–H and O–H groups in total. The van der Waals surface area contributed by atoms with Crippen molar-refractivity contribution in [1.82, 2.24) is 10.2 Å². The monoisotopic (exact) mass is 212 g/mol. The van der Waals surface area contributed by atoms with Crippen LogP contribution in [0.25, 0.3) is 0 Å². The summed E-state index contributed by atoms with van der Waals surface area (Å²) >= 11 is 0. The van der Waals surface area contributed by atoms with Crippen LogP contribution in [0.1, 0.15) is 19.8 Å². The molecule has 1 heterocycles. The zero-order chi connectivity index (χ0) is 11.4. The number of hydrogen-bond acceptors (Lipinski definition) is 3. The number of likely N-dealkylation sites (tertiary alicyclic amines) is 1. The molecule has 0 saturated carbocycles.